The van der Waals surface area contributed by atoms with Gasteiger partial charge in [-0.05, 0) is 38.0 Å². The number of nitrogens with two attached hydrogens (primary N) is 1. The number of aromatic nitrogens is 2. The number of hydrogen-bond acceptors (Lipinski definition) is 5. The number of nitrogen functional groups attached to an aromatic ring is 1. The Kier molecular flexibility index (Phi) is 4.46. The highest BCUT2D eigenvalue weighted by molar-refractivity contribution is 5.68. The van der Waals surface area contributed by atoms with E-state index in [9.17, 15) is 0 Å². The third kappa shape index (κ3) is 2.92. The van der Waals surface area contributed by atoms with Crippen LogP contribution in [0.25, 0.3) is 0 Å². The first-order valence-electron chi connectivity index (χ1n) is 8.31. The maximum Gasteiger partial charge on any atom is 0.242 e. The zero-order valence-electron chi connectivity index (χ0n) is 12.9. The second-order valence-electron chi connectivity index (χ2n) is 6.21. The summed E-state index contributed by atoms with van der Waals surface area (Å²) in [5.74, 6) is 2.23. The van der Waals surface area contributed by atoms with Crippen molar-refractivity contribution in [1.29, 1.82) is 0 Å². The number of anilines is 2. The van der Waals surface area contributed by atoms with Crippen molar-refractivity contribution in [3.63, 3.8) is 0 Å². The standard InChI is InChI=1S/C16H26N4O/c1-2-10-21-16-14(17)15(18-11-19-16)20-9-5-7-12-6-3-4-8-13(12)20/h11-13H,2-10,17H2,1H3/t12-,13-/m1/s1. The molecule has 2 aliphatic rings. The predicted octanol–water partition coefficient (Wildman–Crippen LogP) is 3.01. The fraction of sp³-hybridized carbons (Fsp3) is 0.750. The van der Waals surface area contributed by atoms with Gasteiger partial charge in [-0.15, -0.1) is 0 Å². The lowest BCUT2D eigenvalue weighted by Gasteiger charge is -2.45. The normalized spacial score (nSPS) is 25.5. The highest BCUT2D eigenvalue weighted by Gasteiger charge is 2.35. The van der Waals surface area contributed by atoms with Crippen LogP contribution in [0.5, 0.6) is 5.88 Å². The van der Waals surface area contributed by atoms with Crippen molar-refractivity contribution < 1.29 is 4.74 Å². The number of fused-ring (bicyclic) bond motifs is 1. The molecule has 0 aromatic carbocycles. The average Bonchev–Trinajstić information content (AvgIpc) is 2.53. The summed E-state index contributed by atoms with van der Waals surface area (Å²) in [4.78, 5) is 11.1. The summed E-state index contributed by atoms with van der Waals surface area (Å²) in [7, 11) is 0. The zero-order chi connectivity index (χ0) is 14.7. The molecule has 2 N–H and O–H groups in total. The molecule has 0 amide bonds. The summed E-state index contributed by atoms with van der Waals surface area (Å²) in [5, 5.41) is 0. The SMILES string of the molecule is CCCOc1ncnc(N2CCC[C@H]3CCCC[C@H]32)c1N. The van der Waals surface area contributed by atoms with Crippen LogP contribution in [0, 0.1) is 5.92 Å². The Hall–Kier alpha value is -1.52. The van der Waals surface area contributed by atoms with Crippen LogP contribution >= 0.6 is 0 Å². The van der Waals surface area contributed by atoms with Crippen molar-refractivity contribution in [3.05, 3.63) is 6.33 Å². The van der Waals surface area contributed by atoms with E-state index in [2.05, 4.69) is 21.8 Å². The summed E-state index contributed by atoms with van der Waals surface area (Å²) < 4.78 is 5.65. The van der Waals surface area contributed by atoms with Crippen molar-refractivity contribution in [2.24, 2.45) is 5.92 Å². The number of ether oxygens (including phenoxy) is 1. The van der Waals surface area contributed by atoms with E-state index in [0.717, 1.165) is 24.7 Å². The van der Waals surface area contributed by atoms with Crippen LogP contribution in [0.3, 0.4) is 0 Å². The van der Waals surface area contributed by atoms with Crippen molar-refractivity contribution in [3.8, 4) is 5.88 Å². The number of nitrogens with zero attached hydrogens (tertiary/aromatic N) is 3. The molecule has 1 saturated heterocycles. The Bertz CT molecular complexity index is 477. The lowest BCUT2D eigenvalue weighted by Crippen LogP contribution is -2.47. The smallest absolute Gasteiger partial charge is 0.242 e. The van der Waals surface area contributed by atoms with Crippen molar-refractivity contribution in [2.75, 3.05) is 23.8 Å². The first kappa shape index (κ1) is 14.4. The fourth-order valence-electron chi connectivity index (χ4n) is 3.80. The first-order chi connectivity index (χ1) is 10.3. The number of hydrogen-bond donors (Lipinski definition) is 1. The lowest BCUT2D eigenvalue weighted by atomic mass is 9.78. The topological polar surface area (TPSA) is 64.3 Å². The van der Waals surface area contributed by atoms with Gasteiger partial charge in [-0.1, -0.05) is 19.8 Å². The van der Waals surface area contributed by atoms with Crippen LogP contribution in [-0.2, 0) is 0 Å². The van der Waals surface area contributed by atoms with Crippen LogP contribution in [0.15, 0.2) is 6.33 Å². The molecule has 2 heterocycles. The van der Waals surface area contributed by atoms with Gasteiger partial charge >= 0.3 is 0 Å². The minimum atomic E-state index is 0.541. The van der Waals surface area contributed by atoms with Crippen molar-refractivity contribution in [2.45, 2.75) is 57.9 Å². The molecular weight excluding hydrogens is 264 g/mol. The Morgan fingerprint density at radius 3 is 2.90 bits per heavy atom. The molecule has 5 heteroatoms. The minimum absolute atomic E-state index is 0.541. The monoisotopic (exact) mass is 290 g/mol. The molecule has 116 valence electrons. The summed E-state index contributed by atoms with van der Waals surface area (Å²) in [6.45, 7) is 3.78. The minimum Gasteiger partial charge on any atom is -0.476 e. The molecule has 1 aliphatic carbocycles. The van der Waals surface area contributed by atoms with Gasteiger partial charge in [-0.25, -0.2) is 4.98 Å². The molecule has 1 aliphatic heterocycles. The maximum atomic E-state index is 6.29. The van der Waals surface area contributed by atoms with Crippen LogP contribution in [0.4, 0.5) is 11.5 Å². The molecule has 0 spiro atoms. The largest absolute Gasteiger partial charge is 0.476 e. The van der Waals surface area contributed by atoms with Gasteiger partial charge in [-0.3, -0.25) is 0 Å². The van der Waals surface area contributed by atoms with E-state index in [4.69, 9.17) is 10.5 Å². The van der Waals surface area contributed by atoms with Gasteiger partial charge in [0.15, 0.2) is 5.82 Å². The van der Waals surface area contributed by atoms with Crippen LogP contribution in [0.2, 0.25) is 0 Å². The Morgan fingerprint density at radius 2 is 2.05 bits per heavy atom. The van der Waals surface area contributed by atoms with Crippen LogP contribution in [0.1, 0.15) is 51.9 Å². The lowest BCUT2D eigenvalue weighted by molar-refractivity contribution is 0.242. The molecule has 2 fully saturated rings. The fourth-order valence-corrected chi connectivity index (χ4v) is 3.80. The van der Waals surface area contributed by atoms with E-state index in [1.54, 1.807) is 6.33 Å². The molecule has 3 rings (SSSR count). The number of rotatable bonds is 4. The van der Waals surface area contributed by atoms with Crippen LogP contribution < -0.4 is 15.4 Å². The van der Waals surface area contributed by atoms with E-state index in [0.29, 0.717) is 24.2 Å². The third-order valence-electron chi connectivity index (χ3n) is 4.78. The molecule has 1 saturated carbocycles. The van der Waals surface area contributed by atoms with Gasteiger partial charge in [0.05, 0.1) is 6.61 Å². The Balaban J connectivity index is 1.84. The maximum absolute atomic E-state index is 6.29. The Labute approximate surface area is 126 Å². The van der Waals surface area contributed by atoms with Gasteiger partial charge in [0, 0.05) is 12.6 Å². The second-order valence-corrected chi connectivity index (χ2v) is 6.21. The molecule has 0 bridgehead atoms. The summed E-state index contributed by atoms with van der Waals surface area (Å²) in [6.07, 6.45) is 10.4. The molecule has 0 unspecified atom stereocenters. The Morgan fingerprint density at radius 1 is 1.24 bits per heavy atom. The molecule has 1 aromatic heterocycles. The van der Waals surface area contributed by atoms with E-state index >= 15 is 0 Å². The highest BCUT2D eigenvalue weighted by Crippen LogP contribution is 2.39. The zero-order valence-corrected chi connectivity index (χ0v) is 12.9. The predicted molar refractivity (Wildman–Crippen MR) is 84.6 cm³/mol. The molecule has 1 aromatic rings. The van der Waals surface area contributed by atoms with Gasteiger partial charge in [-0.2, -0.15) is 4.98 Å². The molecule has 5 nitrogen and oxygen atoms in total. The van der Waals surface area contributed by atoms with Crippen molar-refractivity contribution >= 4 is 11.5 Å². The summed E-state index contributed by atoms with van der Waals surface area (Å²) >= 11 is 0. The second kappa shape index (κ2) is 6.50. The van der Waals surface area contributed by atoms with E-state index in [-0.39, 0.29) is 0 Å². The quantitative estimate of drug-likeness (QED) is 0.923. The molecular formula is C16H26N4O. The van der Waals surface area contributed by atoms with Crippen molar-refractivity contribution in [1.82, 2.24) is 9.97 Å². The van der Waals surface area contributed by atoms with Gasteiger partial charge in [0.2, 0.25) is 5.88 Å². The molecule has 0 radical (unpaired) electrons. The van der Waals surface area contributed by atoms with Gasteiger partial charge in [0.1, 0.15) is 12.0 Å². The first-order valence-corrected chi connectivity index (χ1v) is 8.31. The van der Waals surface area contributed by atoms with Gasteiger partial charge in [0.25, 0.3) is 0 Å². The highest BCUT2D eigenvalue weighted by atomic mass is 16.5. The molecule has 21 heavy (non-hydrogen) atoms. The van der Waals surface area contributed by atoms with E-state index < -0.39 is 0 Å². The van der Waals surface area contributed by atoms with E-state index in [1.807, 2.05) is 0 Å². The summed E-state index contributed by atoms with van der Waals surface area (Å²) in [5.41, 5.74) is 6.89. The number of piperidine rings is 1. The molecule has 2 atom stereocenters. The summed E-state index contributed by atoms with van der Waals surface area (Å²) in [6, 6.07) is 0.601. The van der Waals surface area contributed by atoms with Crippen LogP contribution in [-0.4, -0.2) is 29.2 Å². The average molecular weight is 290 g/mol. The third-order valence-corrected chi connectivity index (χ3v) is 4.78. The van der Waals surface area contributed by atoms with Gasteiger partial charge < -0.3 is 15.4 Å². The van der Waals surface area contributed by atoms with E-state index in [1.165, 1.54) is 38.5 Å².